The molecule has 84 valence electrons. The predicted octanol–water partition coefficient (Wildman–Crippen LogP) is 2.71. The van der Waals surface area contributed by atoms with Crippen LogP contribution in [0.15, 0.2) is 24.4 Å². The number of ether oxygens (including phenoxy) is 1. The number of hydrogen-bond acceptors (Lipinski definition) is 2. The van der Waals surface area contributed by atoms with Crippen molar-refractivity contribution < 1.29 is 4.74 Å². The van der Waals surface area contributed by atoms with Crippen LogP contribution in [0.5, 0.6) is 0 Å². The summed E-state index contributed by atoms with van der Waals surface area (Å²) in [7, 11) is 0. The molecule has 3 rings (SSSR count). The van der Waals surface area contributed by atoms with Crippen LogP contribution in [0.3, 0.4) is 0 Å². The largest absolute Gasteiger partial charge is 0.378 e. The second kappa shape index (κ2) is 4.07. The van der Waals surface area contributed by atoms with E-state index in [1.54, 1.807) is 0 Å². The fraction of sp³-hybridized carbons (Fsp3) is 0.417. The molecule has 1 unspecified atom stereocenters. The van der Waals surface area contributed by atoms with Crippen molar-refractivity contribution in [3.63, 3.8) is 0 Å². The number of aromatic nitrogens is 2. The zero-order valence-corrected chi connectivity index (χ0v) is 9.65. The quantitative estimate of drug-likeness (QED) is 0.750. The van der Waals surface area contributed by atoms with E-state index >= 15 is 0 Å². The Morgan fingerprint density at radius 1 is 1.50 bits per heavy atom. The van der Waals surface area contributed by atoms with E-state index in [-0.39, 0.29) is 0 Å². The normalized spacial score (nSPS) is 20.7. The molecule has 4 heteroatoms. The third-order valence-corrected chi connectivity index (χ3v) is 3.26. The Hall–Kier alpha value is -1.06. The van der Waals surface area contributed by atoms with Crippen molar-refractivity contribution in [2.45, 2.75) is 25.4 Å². The Morgan fingerprint density at radius 2 is 2.44 bits per heavy atom. The molecule has 2 aromatic heterocycles. The zero-order chi connectivity index (χ0) is 11.0. The fourth-order valence-electron chi connectivity index (χ4n) is 2.16. The number of fused-ring (bicyclic) bond motifs is 1. The summed E-state index contributed by atoms with van der Waals surface area (Å²) in [6, 6.07) is 5.75. The summed E-state index contributed by atoms with van der Waals surface area (Å²) < 4.78 is 7.51. The molecule has 3 heterocycles. The highest BCUT2D eigenvalue weighted by Crippen LogP contribution is 2.19. The van der Waals surface area contributed by atoms with Crippen molar-refractivity contribution in [3.8, 4) is 0 Å². The summed E-state index contributed by atoms with van der Waals surface area (Å²) in [6.45, 7) is 0.888. The van der Waals surface area contributed by atoms with Crippen LogP contribution in [0, 0.1) is 0 Å². The van der Waals surface area contributed by atoms with Gasteiger partial charge in [0.15, 0.2) is 0 Å². The van der Waals surface area contributed by atoms with Crippen molar-refractivity contribution in [1.29, 1.82) is 0 Å². The molecule has 1 fully saturated rings. The third kappa shape index (κ3) is 1.81. The number of hydrogen-bond donors (Lipinski definition) is 0. The van der Waals surface area contributed by atoms with Gasteiger partial charge in [-0.25, -0.2) is 4.98 Å². The Kier molecular flexibility index (Phi) is 2.58. The summed E-state index contributed by atoms with van der Waals surface area (Å²) >= 11 is 6.08. The first-order chi connectivity index (χ1) is 7.83. The minimum atomic E-state index is 0.337. The van der Waals surface area contributed by atoms with E-state index in [2.05, 4.69) is 4.98 Å². The fourth-order valence-corrected chi connectivity index (χ4v) is 2.37. The first kappa shape index (κ1) is 10.1. The SMILES string of the molecule is Clc1cccc2nc(CC3CCCO3)cn12. The second-order valence-electron chi connectivity index (χ2n) is 4.15. The lowest BCUT2D eigenvalue weighted by molar-refractivity contribution is 0.111. The van der Waals surface area contributed by atoms with Gasteiger partial charge in [-0.15, -0.1) is 0 Å². The average molecular weight is 237 g/mol. The molecule has 1 aliphatic heterocycles. The van der Waals surface area contributed by atoms with Crippen LogP contribution in [0.4, 0.5) is 0 Å². The van der Waals surface area contributed by atoms with E-state index in [1.807, 2.05) is 28.8 Å². The van der Waals surface area contributed by atoms with Gasteiger partial charge in [0.25, 0.3) is 0 Å². The predicted molar refractivity (Wildman–Crippen MR) is 62.9 cm³/mol. The zero-order valence-electron chi connectivity index (χ0n) is 8.90. The molecule has 0 bridgehead atoms. The molecule has 0 amide bonds. The summed E-state index contributed by atoms with van der Waals surface area (Å²) in [5.74, 6) is 0. The molecule has 0 aliphatic carbocycles. The highest BCUT2D eigenvalue weighted by atomic mass is 35.5. The van der Waals surface area contributed by atoms with E-state index in [0.717, 1.165) is 30.8 Å². The maximum Gasteiger partial charge on any atom is 0.138 e. The molecule has 0 radical (unpaired) electrons. The average Bonchev–Trinajstić information content (AvgIpc) is 2.88. The molecule has 0 aromatic carbocycles. The monoisotopic (exact) mass is 236 g/mol. The van der Waals surface area contributed by atoms with E-state index in [1.165, 1.54) is 6.42 Å². The highest BCUT2D eigenvalue weighted by Gasteiger charge is 2.17. The molecule has 1 saturated heterocycles. The van der Waals surface area contributed by atoms with Crippen molar-refractivity contribution in [2.24, 2.45) is 0 Å². The lowest BCUT2D eigenvalue weighted by atomic mass is 10.1. The van der Waals surface area contributed by atoms with Gasteiger partial charge in [-0.2, -0.15) is 0 Å². The number of halogens is 1. The Morgan fingerprint density at radius 3 is 3.19 bits per heavy atom. The Balaban J connectivity index is 1.90. The molecule has 3 nitrogen and oxygen atoms in total. The number of rotatable bonds is 2. The van der Waals surface area contributed by atoms with Gasteiger partial charge >= 0.3 is 0 Å². The van der Waals surface area contributed by atoms with Crippen molar-refractivity contribution >= 4 is 17.2 Å². The maximum atomic E-state index is 6.08. The summed E-state index contributed by atoms with van der Waals surface area (Å²) in [4.78, 5) is 4.54. The van der Waals surface area contributed by atoms with Crippen molar-refractivity contribution in [1.82, 2.24) is 9.38 Å². The maximum absolute atomic E-state index is 6.08. The number of pyridine rings is 1. The first-order valence-electron chi connectivity index (χ1n) is 5.57. The minimum absolute atomic E-state index is 0.337. The van der Waals surface area contributed by atoms with Gasteiger partial charge in [-0.05, 0) is 25.0 Å². The van der Waals surface area contributed by atoms with E-state index in [0.29, 0.717) is 11.3 Å². The first-order valence-corrected chi connectivity index (χ1v) is 5.95. The Labute approximate surface area is 99.0 Å². The van der Waals surface area contributed by atoms with Gasteiger partial charge in [0.2, 0.25) is 0 Å². The molecule has 1 atom stereocenters. The molecule has 16 heavy (non-hydrogen) atoms. The van der Waals surface area contributed by atoms with Crippen molar-refractivity contribution in [2.75, 3.05) is 6.61 Å². The van der Waals surface area contributed by atoms with Gasteiger partial charge in [0, 0.05) is 19.2 Å². The molecule has 0 saturated carbocycles. The third-order valence-electron chi connectivity index (χ3n) is 2.95. The molecule has 0 spiro atoms. The van der Waals surface area contributed by atoms with Crippen molar-refractivity contribution in [3.05, 3.63) is 35.2 Å². The second-order valence-corrected chi connectivity index (χ2v) is 4.54. The standard InChI is InChI=1S/C12H13ClN2O/c13-11-4-1-5-12-14-9(8-15(11)12)7-10-3-2-6-16-10/h1,4-5,8,10H,2-3,6-7H2. The molecule has 2 aromatic rings. The minimum Gasteiger partial charge on any atom is -0.378 e. The molecular weight excluding hydrogens is 224 g/mol. The van der Waals surface area contributed by atoms with Crippen LogP contribution in [0.1, 0.15) is 18.5 Å². The van der Waals surface area contributed by atoms with E-state index in [9.17, 15) is 0 Å². The van der Waals surface area contributed by atoms with Gasteiger partial charge < -0.3 is 4.74 Å². The van der Waals surface area contributed by atoms with Gasteiger partial charge in [0.05, 0.1) is 11.8 Å². The van der Waals surface area contributed by atoms with E-state index in [4.69, 9.17) is 16.3 Å². The van der Waals surface area contributed by atoms with Crippen LogP contribution in [0.25, 0.3) is 5.65 Å². The Bertz CT molecular complexity index is 503. The lowest BCUT2D eigenvalue weighted by Gasteiger charge is -2.05. The van der Waals surface area contributed by atoms with Crippen LogP contribution in [0.2, 0.25) is 5.15 Å². The van der Waals surface area contributed by atoms with Crippen LogP contribution in [-0.2, 0) is 11.2 Å². The molecular formula is C12H13ClN2O. The van der Waals surface area contributed by atoms with Gasteiger partial charge in [-0.3, -0.25) is 4.40 Å². The summed E-state index contributed by atoms with van der Waals surface area (Å²) in [6.07, 6.45) is 5.53. The molecule has 0 N–H and O–H groups in total. The van der Waals surface area contributed by atoms with Crippen LogP contribution in [-0.4, -0.2) is 22.1 Å². The topological polar surface area (TPSA) is 26.5 Å². The van der Waals surface area contributed by atoms with Gasteiger partial charge in [-0.1, -0.05) is 17.7 Å². The number of nitrogens with zero attached hydrogens (tertiary/aromatic N) is 2. The van der Waals surface area contributed by atoms with E-state index < -0.39 is 0 Å². The summed E-state index contributed by atoms with van der Waals surface area (Å²) in [5, 5.41) is 0.698. The molecule has 1 aliphatic rings. The lowest BCUT2D eigenvalue weighted by Crippen LogP contribution is -2.08. The smallest absolute Gasteiger partial charge is 0.138 e. The van der Waals surface area contributed by atoms with Crippen LogP contribution >= 0.6 is 11.6 Å². The number of imidazole rings is 1. The van der Waals surface area contributed by atoms with Crippen LogP contribution < -0.4 is 0 Å². The van der Waals surface area contributed by atoms with Gasteiger partial charge in [0.1, 0.15) is 10.8 Å². The summed E-state index contributed by atoms with van der Waals surface area (Å²) in [5.41, 5.74) is 1.96. The highest BCUT2D eigenvalue weighted by molar-refractivity contribution is 6.29.